The number of hydrazine groups is 1. The summed E-state index contributed by atoms with van der Waals surface area (Å²) in [4.78, 5) is 70.3. The lowest BCUT2D eigenvalue weighted by molar-refractivity contribution is -0.149. The number of nitriles is 1. The van der Waals surface area contributed by atoms with E-state index in [-0.39, 0.29) is 69.9 Å². The lowest BCUT2D eigenvalue weighted by Crippen LogP contribution is -2.39. The number of carbonyl (C=O) groups is 5. The van der Waals surface area contributed by atoms with Gasteiger partial charge in [0.2, 0.25) is 0 Å². The van der Waals surface area contributed by atoms with Gasteiger partial charge in [-0.25, -0.2) is 14.8 Å². The number of hydrogen-bond donors (Lipinski definition) is 1. The van der Waals surface area contributed by atoms with Crippen molar-refractivity contribution in [2.45, 2.75) is 114 Å². The number of carbonyl (C=O) groups excluding carboxylic acids is 4. The van der Waals surface area contributed by atoms with Crippen LogP contribution in [-0.4, -0.2) is 44.8 Å². The molecule has 2 atom stereocenters. The molecule has 1 saturated heterocycles. The van der Waals surface area contributed by atoms with Crippen LogP contribution in [0.5, 0.6) is 11.5 Å². The average molecular weight is 900 g/mol. The van der Waals surface area contributed by atoms with E-state index in [2.05, 4.69) is 41.5 Å². The Morgan fingerprint density at radius 3 is 1.39 bits per heavy atom. The van der Waals surface area contributed by atoms with E-state index in [1.165, 1.54) is 10.0 Å². The Hall–Kier alpha value is -4.62. The van der Waals surface area contributed by atoms with Crippen LogP contribution in [0, 0.1) is 34.0 Å². The zero-order valence-corrected chi connectivity index (χ0v) is 38.7. The van der Waals surface area contributed by atoms with Crippen LogP contribution in [0.3, 0.4) is 0 Å². The van der Waals surface area contributed by atoms with Crippen molar-refractivity contribution in [1.29, 1.82) is 5.26 Å². The summed E-state index contributed by atoms with van der Waals surface area (Å²) in [5, 5.41) is 22.7. The van der Waals surface area contributed by atoms with Crippen LogP contribution in [-0.2, 0) is 37.1 Å². The van der Waals surface area contributed by atoms with Gasteiger partial charge in [0.1, 0.15) is 11.6 Å². The van der Waals surface area contributed by atoms with Gasteiger partial charge in [0, 0.05) is 12.8 Å². The van der Waals surface area contributed by atoms with Crippen LogP contribution in [0.1, 0.15) is 92.2 Å². The number of amides is 2. The largest absolute Gasteiger partial charge is 0.477 e. The van der Waals surface area contributed by atoms with E-state index in [1.807, 2.05) is 74.5 Å². The molecule has 3 aliphatic rings. The highest BCUT2D eigenvalue weighted by atomic mass is 32.2. The highest BCUT2D eigenvalue weighted by Crippen LogP contribution is 2.68. The van der Waals surface area contributed by atoms with E-state index in [0.29, 0.717) is 23.8 Å². The Kier molecular flexibility index (Phi) is 14.1. The van der Waals surface area contributed by atoms with Gasteiger partial charge in [-0.15, -0.1) is 0 Å². The molecule has 1 fully saturated rings. The number of benzene rings is 3. The van der Waals surface area contributed by atoms with Gasteiger partial charge < -0.3 is 14.6 Å². The third-order valence-electron chi connectivity index (χ3n) is 9.67. The second-order valence-corrected chi connectivity index (χ2v) is 22.5. The SMILES string of the molecule is CC(CC(=O)Oc1c2c(c(OC(=O)CC(C)CC(C)(C)C)c3c1SC(=C1C(=O)N(Cc4ccccc4)N(Cc4ccccc4)C1=O)S3)SC(=C(C#N)C(=O)O)S2)CC(C)(C)C. The first-order chi connectivity index (χ1) is 28.7. The van der Waals surface area contributed by atoms with E-state index < -0.39 is 35.3 Å². The normalized spacial score (nSPS) is 16.0. The molecule has 320 valence electrons. The molecule has 6 rings (SSSR count). The first kappa shape index (κ1) is 45.9. The number of thioether (sulfide) groups is 4. The molecule has 15 heteroatoms. The number of nitrogens with zero attached hydrogens (tertiary/aromatic N) is 3. The molecule has 0 radical (unpaired) electrons. The van der Waals surface area contributed by atoms with E-state index >= 15 is 0 Å². The monoisotopic (exact) mass is 899 g/mol. The number of carboxylic acids is 1. The number of esters is 2. The number of fused-ring (bicyclic) bond motifs is 2. The number of ether oxygens (including phenoxy) is 2. The van der Waals surface area contributed by atoms with Crippen molar-refractivity contribution in [3.8, 4) is 17.6 Å². The van der Waals surface area contributed by atoms with Crippen molar-refractivity contribution in [3.63, 3.8) is 0 Å². The van der Waals surface area contributed by atoms with Crippen LogP contribution < -0.4 is 9.47 Å². The Morgan fingerprint density at radius 2 is 1.05 bits per heavy atom. The summed E-state index contributed by atoms with van der Waals surface area (Å²) in [6.07, 6.45) is 1.64. The molecule has 0 saturated carbocycles. The molecule has 11 nitrogen and oxygen atoms in total. The predicted octanol–water partition coefficient (Wildman–Crippen LogP) is 10.8. The standard InChI is InChI=1S/C46H49N3O8S4/c1-26(21-45(3,4)5)19-31(50)56-34-36-37(59-43(58-36)30(23-47)42(54)55)35(57-32(51)20-27(2)22-46(6,7)8)39-38(34)60-44(61-39)33-40(52)48(24-28-15-11-9-12-16-28)49(41(33)53)25-29-17-13-10-14-18-29/h9-18,26-27H,19-22,24-25H2,1-8H3,(H,54,55). The first-order valence-electron chi connectivity index (χ1n) is 19.9. The molecule has 61 heavy (non-hydrogen) atoms. The zero-order chi connectivity index (χ0) is 44.4. The highest BCUT2D eigenvalue weighted by molar-refractivity contribution is 8.26. The number of carboxylic acid groups (broad SMARTS) is 1. The van der Waals surface area contributed by atoms with Gasteiger partial charge in [-0.05, 0) is 46.6 Å². The minimum absolute atomic E-state index is 0.0433. The van der Waals surface area contributed by atoms with Crippen LogP contribution in [0.25, 0.3) is 0 Å². The van der Waals surface area contributed by atoms with Gasteiger partial charge in [0.05, 0.1) is 41.1 Å². The minimum Gasteiger partial charge on any atom is -0.477 e. The van der Waals surface area contributed by atoms with Gasteiger partial charge in [0.25, 0.3) is 11.8 Å². The van der Waals surface area contributed by atoms with Gasteiger partial charge in [0.15, 0.2) is 17.1 Å². The molecule has 3 aliphatic heterocycles. The first-order valence-corrected chi connectivity index (χ1v) is 23.2. The molecule has 2 unspecified atom stereocenters. The summed E-state index contributed by atoms with van der Waals surface area (Å²) < 4.78 is 12.9. The zero-order valence-electron chi connectivity index (χ0n) is 35.5. The van der Waals surface area contributed by atoms with Crippen molar-refractivity contribution < 1.29 is 38.6 Å². The summed E-state index contributed by atoms with van der Waals surface area (Å²) in [6.45, 7) is 16.7. The van der Waals surface area contributed by atoms with Gasteiger partial charge in [-0.2, -0.15) is 5.26 Å². The fraction of sp³-hybridized carbons (Fsp3) is 0.391. The molecule has 0 spiro atoms. The Morgan fingerprint density at radius 1 is 0.672 bits per heavy atom. The van der Waals surface area contributed by atoms with Crippen LogP contribution >= 0.6 is 47.0 Å². The summed E-state index contributed by atoms with van der Waals surface area (Å²) in [5.41, 5.74) is 0.946. The van der Waals surface area contributed by atoms with Crippen LogP contribution in [0.2, 0.25) is 0 Å². The molecule has 3 aromatic carbocycles. The molecule has 3 heterocycles. The van der Waals surface area contributed by atoms with Crippen molar-refractivity contribution in [2.75, 3.05) is 0 Å². The topological polar surface area (TPSA) is 154 Å². The van der Waals surface area contributed by atoms with Gasteiger partial charge in [-0.3, -0.25) is 19.2 Å². The third-order valence-corrected chi connectivity index (χ3v) is 14.9. The number of hydrogen-bond acceptors (Lipinski definition) is 12. The summed E-state index contributed by atoms with van der Waals surface area (Å²) in [5.74, 6) is -3.45. The van der Waals surface area contributed by atoms with Crippen molar-refractivity contribution in [2.24, 2.45) is 22.7 Å². The molecule has 0 bridgehead atoms. The van der Waals surface area contributed by atoms with Gasteiger partial charge in [-0.1, -0.05) is 163 Å². The number of aliphatic carboxylic acids is 1. The van der Waals surface area contributed by atoms with Crippen molar-refractivity contribution >= 4 is 76.8 Å². The third kappa shape index (κ3) is 11.1. The fourth-order valence-corrected chi connectivity index (χ4v) is 13.1. The molecular formula is C46H49N3O8S4. The van der Waals surface area contributed by atoms with Crippen molar-refractivity contribution in [3.05, 3.63) is 91.4 Å². The van der Waals surface area contributed by atoms with E-state index in [0.717, 1.165) is 71.0 Å². The van der Waals surface area contributed by atoms with Crippen molar-refractivity contribution in [1.82, 2.24) is 10.0 Å². The Bertz CT molecular complexity index is 2220. The summed E-state index contributed by atoms with van der Waals surface area (Å²) >= 11 is 4.02. The second-order valence-electron chi connectivity index (χ2n) is 17.9. The fourth-order valence-electron chi connectivity index (χ4n) is 7.66. The van der Waals surface area contributed by atoms with Gasteiger partial charge >= 0.3 is 17.9 Å². The van der Waals surface area contributed by atoms with E-state index in [9.17, 15) is 34.3 Å². The summed E-state index contributed by atoms with van der Waals surface area (Å²) in [7, 11) is 0. The maximum atomic E-state index is 14.6. The van der Waals surface area contributed by atoms with Crippen LogP contribution in [0.4, 0.5) is 0 Å². The van der Waals surface area contributed by atoms with E-state index in [4.69, 9.17) is 9.47 Å². The number of rotatable bonds is 13. The molecule has 2 amide bonds. The second kappa shape index (κ2) is 18.8. The quantitative estimate of drug-likeness (QED) is 0.0569. The molecule has 0 aromatic heterocycles. The highest BCUT2D eigenvalue weighted by Gasteiger charge is 2.47. The minimum atomic E-state index is -1.43. The summed E-state index contributed by atoms with van der Waals surface area (Å²) in [6, 6.07) is 20.5. The van der Waals surface area contributed by atoms with Crippen LogP contribution in [0.15, 0.2) is 99.9 Å². The predicted molar refractivity (Wildman–Crippen MR) is 238 cm³/mol. The lowest BCUT2D eigenvalue weighted by atomic mass is 9.84. The molecule has 3 aromatic rings. The maximum Gasteiger partial charge on any atom is 0.348 e. The molecular weight excluding hydrogens is 851 g/mol. The Labute approximate surface area is 374 Å². The molecule has 1 N–H and O–H groups in total. The maximum absolute atomic E-state index is 14.6. The lowest BCUT2D eigenvalue weighted by Gasteiger charge is -2.27. The smallest absolute Gasteiger partial charge is 0.348 e. The molecule has 0 aliphatic carbocycles. The average Bonchev–Trinajstić information content (AvgIpc) is 3.84. The van der Waals surface area contributed by atoms with E-state index in [1.54, 1.807) is 6.07 Å². The Balaban J connectivity index is 1.49.